The van der Waals surface area contributed by atoms with Crippen molar-refractivity contribution in [3.05, 3.63) is 45.9 Å². The fourth-order valence-electron chi connectivity index (χ4n) is 1.38. The Hall–Kier alpha value is -1.04. The van der Waals surface area contributed by atoms with Crippen LogP contribution >= 0.6 is 34.7 Å². The summed E-state index contributed by atoms with van der Waals surface area (Å²) >= 11 is 8.97. The maximum atomic E-state index is 11.9. The van der Waals surface area contributed by atoms with Crippen molar-refractivity contribution in [1.29, 1.82) is 0 Å². The molecule has 0 saturated carbocycles. The molecule has 0 aliphatic heterocycles. The molecule has 2 rings (SSSR count). The van der Waals surface area contributed by atoms with Crippen LogP contribution in [0.15, 0.2) is 29.6 Å². The molecular formula is C12H11ClN2OS2. The van der Waals surface area contributed by atoms with E-state index in [1.54, 1.807) is 36.0 Å². The van der Waals surface area contributed by atoms with Crippen LogP contribution in [0.2, 0.25) is 5.02 Å². The first-order chi connectivity index (χ1) is 8.69. The van der Waals surface area contributed by atoms with Gasteiger partial charge < -0.3 is 0 Å². The smallest absolute Gasteiger partial charge is 0.257 e. The first kappa shape index (κ1) is 13.4. The van der Waals surface area contributed by atoms with E-state index in [1.807, 2.05) is 11.6 Å². The second-order valence-electron chi connectivity index (χ2n) is 3.54. The zero-order chi connectivity index (χ0) is 13.0. The molecule has 1 heterocycles. The lowest BCUT2D eigenvalue weighted by Crippen LogP contribution is -2.11. The molecule has 6 heteroatoms. The van der Waals surface area contributed by atoms with Crippen molar-refractivity contribution in [2.24, 2.45) is 0 Å². The van der Waals surface area contributed by atoms with Gasteiger partial charge in [-0.3, -0.25) is 10.1 Å². The molecule has 0 bridgehead atoms. The lowest BCUT2D eigenvalue weighted by molar-refractivity contribution is 0.102. The van der Waals surface area contributed by atoms with Crippen molar-refractivity contribution in [1.82, 2.24) is 4.98 Å². The molecule has 0 fully saturated rings. The summed E-state index contributed by atoms with van der Waals surface area (Å²) in [5, 5.41) is 5.87. The van der Waals surface area contributed by atoms with Crippen molar-refractivity contribution in [2.75, 3.05) is 11.6 Å². The molecule has 3 nitrogen and oxygen atoms in total. The van der Waals surface area contributed by atoms with Gasteiger partial charge in [-0.05, 0) is 24.5 Å². The minimum Gasteiger partial charge on any atom is -0.298 e. The summed E-state index contributed by atoms with van der Waals surface area (Å²) in [5.41, 5.74) is 1.51. The van der Waals surface area contributed by atoms with Crippen LogP contribution in [0.25, 0.3) is 0 Å². The quantitative estimate of drug-likeness (QED) is 0.930. The molecule has 2 aromatic rings. The van der Waals surface area contributed by atoms with Crippen molar-refractivity contribution in [2.45, 2.75) is 5.75 Å². The number of carbonyl (C=O) groups is 1. The van der Waals surface area contributed by atoms with Crippen molar-refractivity contribution >= 4 is 45.7 Å². The lowest BCUT2D eigenvalue weighted by Gasteiger charge is -2.01. The van der Waals surface area contributed by atoms with Crippen LogP contribution in [0.5, 0.6) is 0 Å². The highest BCUT2D eigenvalue weighted by Gasteiger charge is 2.09. The summed E-state index contributed by atoms with van der Waals surface area (Å²) in [5.74, 6) is 0.659. The maximum Gasteiger partial charge on any atom is 0.257 e. The molecule has 0 spiro atoms. The average Bonchev–Trinajstić information content (AvgIpc) is 2.77. The van der Waals surface area contributed by atoms with E-state index in [4.69, 9.17) is 11.6 Å². The molecule has 0 aliphatic rings. The Kier molecular flexibility index (Phi) is 4.63. The van der Waals surface area contributed by atoms with Crippen molar-refractivity contribution < 1.29 is 4.79 Å². The minimum atomic E-state index is -0.192. The van der Waals surface area contributed by atoms with Gasteiger partial charge >= 0.3 is 0 Å². The average molecular weight is 299 g/mol. The topological polar surface area (TPSA) is 42.0 Å². The number of hydrogen-bond donors (Lipinski definition) is 1. The number of carbonyl (C=O) groups excluding carboxylic acids is 1. The molecule has 0 radical (unpaired) electrons. The molecular weight excluding hydrogens is 288 g/mol. The molecule has 0 aliphatic carbocycles. The third kappa shape index (κ3) is 3.48. The minimum absolute atomic E-state index is 0.192. The molecule has 0 atom stereocenters. The van der Waals surface area contributed by atoms with E-state index in [2.05, 4.69) is 10.3 Å². The Balaban J connectivity index is 2.06. The number of nitrogens with one attached hydrogen (secondary N) is 1. The second kappa shape index (κ2) is 6.22. The van der Waals surface area contributed by atoms with Gasteiger partial charge in [0.2, 0.25) is 0 Å². The van der Waals surface area contributed by atoms with Gasteiger partial charge in [0, 0.05) is 21.7 Å². The van der Waals surface area contributed by atoms with Crippen LogP contribution in [0.3, 0.4) is 0 Å². The standard InChI is InChI=1S/C12H11ClN2OS2/c1-17-6-10-7-18-12(14-10)15-11(16)8-3-2-4-9(13)5-8/h2-5,7H,6H2,1H3,(H,14,15,16). The molecule has 18 heavy (non-hydrogen) atoms. The second-order valence-corrected chi connectivity index (χ2v) is 5.70. The van der Waals surface area contributed by atoms with Crippen LogP contribution in [-0.2, 0) is 5.75 Å². The highest BCUT2D eigenvalue weighted by Crippen LogP contribution is 2.19. The summed E-state index contributed by atoms with van der Waals surface area (Å²) in [7, 11) is 0. The van der Waals surface area contributed by atoms with Crippen molar-refractivity contribution in [3.8, 4) is 0 Å². The van der Waals surface area contributed by atoms with Crippen molar-refractivity contribution in [3.63, 3.8) is 0 Å². The Morgan fingerprint density at radius 2 is 2.39 bits per heavy atom. The molecule has 1 aromatic heterocycles. The number of nitrogens with zero attached hydrogens (tertiary/aromatic N) is 1. The van der Waals surface area contributed by atoms with Gasteiger partial charge in [0.15, 0.2) is 5.13 Å². The van der Waals surface area contributed by atoms with Crippen LogP contribution in [0.1, 0.15) is 16.1 Å². The van der Waals surface area contributed by atoms with Gasteiger partial charge in [0.25, 0.3) is 5.91 Å². The number of aromatic nitrogens is 1. The summed E-state index contributed by atoms with van der Waals surface area (Å²) in [4.78, 5) is 16.2. The number of thioether (sulfide) groups is 1. The van der Waals surface area contributed by atoms with E-state index in [1.165, 1.54) is 11.3 Å². The molecule has 0 saturated heterocycles. The van der Waals surface area contributed by atoms with Gasteiger partial charge in [-0.2, -0.15) is 11.8 Å². The van der Waals surface area contributed by atoms with E-state index in [9.17, 15) is 4.79 Å². The molecule has 0 unspecified atom stereocenters. The Labute approximate surface area is 119 Å². The van der Waals surface area contributed by atoms with E-state index in [0.29, 0.717) is 15.7 Å². The van der Waals surface area contributed by atoms with Gasteiger partial charge in [-0.25, -0.2) is 4.98 Å². The highest BCUT2D eigenvalue weighted by molar-refractivity contribution is 7.97. The molecule has 1 aromatic carbocycles. The zero-order valence-corrected chi connectivity index (χ0v) is 12.0. The number of amides is 1. The largest absolute Gasteiger partial charge is 0.298 e. The summed E-state index contributed by atoms with van der Waals surface area (Å²) in [6.07, 6.45) is 2.02. The number of thiazole rings is 1. The predicted molar refractivity (Wildman–Crippen MR) is 78.7 cm³/mol. The number of halogens is 1. The summed E-state index contributed by atoms with van der Waals surface area (Å²) in [6.45, 7) is 0. The molecule has 94 valence electrons. The fraction of sp³-hybridized carbons (Fsp3) is 0.167. The van der Waals surface area contributed by atoms with Gasteiger partial charge in [0.05, 0.1) is 5.69 Å². The zero-order valence-electron chi connectivity index (χ0n) is 9.64. The Bertz CT molecular complexity index is 557. The van der Waals surface area contributed by atoms with E-state index in [0.717, 1.165) is 11.4 Å². The van der Waals surface area contributed by atoms with Gasteiger partial charge in [0.1, 0.15) is 0 Å². The van der Waals surface area contributed by atoms with E-state index >= 15 is 0 Å². The third-order valence-electron chi connectivity index (χ3n) is 2.15. The Morgan fingerprint density at radius 1 is 1.56 bits per heavy atom. The van der Waals surface area contributed by atoms with Crippen LogP contribution in [0.4, 0.5) is 5.13 Å². The van der Waals surface area contributed by atoms with Crippen LogP contribution in [-0.4, -0.2) is 17.1 Å². The fourth-order valence-corrected chi connectivity index (χ4v) is 2.82. The maximum absolute atomic E-state index is 11.9. The summed E-state index contributed by atoms with van der Waals surface area (Å²) < 4.78 is 0. The SMILES string of the molecule is CSCc1csc(NC(=O)c2cccc(Cl)c2)n1. The van der Waals surface area contributed by atoms with Gasteiger partial charge in [-0.1, -0.05) is 17.7 Å². The first-order valence-corrected chi connectivity index (χ1v) is 7.84. The molecule has 1 amide bonds. The van der Waals surface area contributed by atoms with Crippen LogP contribution in [0, 0.1) is 0 Å². The van der Waals surface area contributed by atoms with Gasteiger partial charge in [-0.15, -0.1) is 11.3 Å². The number of rotatable bonds is 4. The number of anilines is 1. The van der Waals surface area contributed by atoms with E-state index < -0.39 is 0 Å². The monoisotopic (exact) mass is 298 g/mol. The first-order valence-electron chi connectivity index (χ1n) is 5.19. The van der Waals surface area contributed by atoms with Crippen LogP contribution < -0.4 is 5.32 Å². The third-order valence-corrected chi connectivity index (χ3v) is 3.78. The summed E-state index contributed by atoms with van der Waals surface area (Å²) in [6, 6.07) is 6.83. The lowest BCUT2D eigenvalue weighted by atomic mass is 10.2. The predicted octanol–water partition coefficient (Wildman–Crippen LogP) is 3.91. The Morgan fingerprint density at radius 3 is 3.11 bits per heavy atom. The normalized spacial score (nSPS) is 10.3. The number of hydrogen-bond acceptors (Lipinski definition) is 4. The highest BCUT2D eigenvalue weighted by atomic mass is 35.5. The molecule has 1 N–H and O–H groups in total. The number of benzene rings is 1. The van der Waals surface area contributed by atoms with E-state index in [-0.39, 0.29) is 5.91 Å².